The van der Waals surface area contributed by atoms with Crippen LogP contribution >= 0.6 is 7.74 Å². The van der Waals surface area contributed by atoms with Gasteiger partial charge in [0.1, 0.15) is 0 Å². The van der Waals surface area contributed by atoms with Gasteiger partial charge in [0.05, 0.1) is 12.9 Å². The lowest BCUT2D eigenvalue weighted by atomic mass is 10.9. The molecular weight excluding hydrogens is 327 g/mol. The van der Waals surface area contributed by atoms with Gasteiger partial charge in [0.2, 0.25) is 0 Å². The maximum Gasteiger partial charge on any atom is 0.511 e. The minimum absolute atomic E-state index is 0.377. The summed E-state index contributed by atoms with van der Waals surface area (Å²) in [5.74, 6) is 0. The van der Waals surface area contributed by atoms with E-state index in [0.29, 0.717) is 10.7 Å². The molecule has 110 valence electrons. The highest BCUT2D eigenvalue weighted by molar-refractivity contribution is 7.98. The van der Waals surface area contributed by atoms with Gasteiger partial charge in [-0.1, -0.05) is 0 Å². The first-order valence-corrected chi connectivity index (χ1v) is 8.89. The van der Waals surface area contributed by atoms with Crippen molar-refractivity contribution in [1.29, 1.82) is 0 Å². The number of nitrogens with one attached hydrogen (secondary N) is 1. The van der Waals surface area contributed by atoms with E-state index in [-0.39, 0.29) is 0 Å². The molecule has 1 N–H and O–H groups in total. The van der Waals surface area contributed by atoms with Crippen molar-refractivity contribution in [3.8, 4) is 0 Å². The van der Waals surface area contributed by atoms with Crippen molar-refractivity contribution in [3.05, 3.63) is 0 Å². The highest BCUT2D eigenvalue weighted by Crippen LogP contribution is 2.51. The smallest absolute Gasteiger partial charge is 0.308 e. The van der Waals surface area contributed by atoms with Gasteiger partial charge >= 0.3 is 23.3 Å². The highest BCUT2D eigenvalue weighted by Gasteiger charge is 2.49. The molecule has 0 radical (unpaired) electrons. The van der Waals surface area contributed by atoms with E-state index in [0.717, 1.165) is 6.92 Å². The van der Waals surface area contributed by atoms with Crippen LogP contribution in [0.2, 0.25) is 0 Å². The third-order valence-corrected chi connectivity index (χ3v) is 6.19. The van der Waals surface area contributed by atoms with E-state index >= 15 is 0 Å². The summed E-state index contributed by atoms with van der Waals surface area (Å²) < 4.78 is 99.2. The Kier molecular flexibility index (Phi) is 5.34. The van der Waals surface area contributed by atoms with Gasteiger partial charge in [-0.15, -0.1) is 8.64 Å². The molecule has 14 heteroatoms. The van der Waals surface area contributed by atoms with Crippen LogP contribution in [-0.4, -0.2) is 35.2 Å². The van der Waals surface area contributed by atoms with Crippen molar-refractivity contribution in [3.63, 3.8) is 0 Å². The highest BCUT2D eigenvalue weighted by atomic mass is 32.2. The van der Waals surface area contributed by atoms with Crippen LogP contribution in [0.3, 0.4) is 0 Å². The average Bonchev–Trinajstić information content (AvgIpc) is 1.94. The first-order valence-electron chi connectivity index (χ1n) is 4.00. The number of rotatable bonds is 5. The molecule has 0 aliphatic carbocycles. The van der Waals surface area contributed by atoms with Crippen molar-refractivity contribution in [2.75, 3.05) is 12.9 Å². The van der Waals surface area contributed by atoms with E-state index in [1.54, 1.807) is 0 Å². The van der Waals surface area contributed by atoms with E-state index in [1.165, 1.54) is 0 Å². The molecule has 0 aromatic rings. The molecule has 18 heavy (non-hydrogen) atoms. The van der Waals surface area contributed by atoms with Crippen molar-refractivity contribution in [2.45, 2.75) is 12.4 Å². The van der Waals surface area contributed by atoms with Gasteiger partial charge in [0.15, 0.2) is 0 Å². The van der Waals surface area contributed by atoms with Crippen LogP contribution in [0.15, 0.2) is 4.15 Å². The van der Waals surface area contributed by atoms with Crippen LogP contribution in [0, 0.1) is 0 Å². The van der Waals surface area contributed by atoms with Gasteiger partial charge in [-0.05, 0) is 6.92 Å². The van der Waals surface area contributed by atoms with E-state index in [2.05, 4.69) is 8.67 Å². The molecule has 0 fully saturated rings. The number of sulfonamides is 2. The van der Waals surface area contributed by atoms with Crippen LogP contribution in [0.5, 0.6) is 0 Å². The SMILES string of the molecule is CCOP(F)(=NS(C)(=O)=O)NS(=O)(=O)C(F)(F)F. The maximum atomic E-state index is 13.7. The Bertz CT molecular complexity index is 553. The van der Waals surface area contributed by atoms with Crippen molar-refractivity contribution >= 4 is 27.8 Å². The molecule has 1 unspecified atom stereocenters. The molecule has 0 spiro atoms. The third kappa shape index (κ3) is 5.61. The Morgan fingerprint density at radius 2 is 1.72 bits per heavy atom. The lowest BCUT2D eigenvalue weighted by Crippen LogP contribution is -2.34. The van der Waals surface area contributed by atoms with Gasteiger partial charge in [0, 0.05) is 0 Å². The summed E-state index contributed by atoms with van der Waals surface area (Å²) >= 11 is 0. The van der Waals surface area contributed by atoms with E-state index < -0.39 is 39.9 Å². The Labute approximate surface area is 101 Å². The molecule has 0 saturated carbocycles. The summed E-state index contributed by atoms with van der Waals surface area (Å²) in [4.78, 5) is 0. The summed E-state index contributed by atoms with van der Waals surface area (Å²) in [7, 11) is -15.9. The predicted octanol–water partition coefficient (Wildman–Crippen LogP) is 1.34. The minimum atomic E-state index is -6.11. The summed E-state index contributed by atoms with van der Waals surface area (Å²) in [6, 6.07) is 0. The lowest BCUT2D eigenvalue weighted by molar-refractivity contribution is -0.0442. The standard InChI is InChI=1S/C4H9F4N2O5PS2/c1-3-15-16(8,9-17(2,11)12)10-18(13,14)4(5,6)7/h10H,3H2,1-2H3. The maximum absolute atomic E-state index is 13.7. The zero-order valence-electron chi connectivity index (χ0n) is 8.97. The number of nitrogens with zero attached hydrogens (tertiary/aromatic N) is 1. The van der Waals surface area contributed by atoms with Crippen LogP contribution in [0.4, 0.5) is 17.4 Å². The van der Waals surface area contributed by atoms with Crippen molar-refractivity contribution in [1.82, 2.24) is 4.49 Å². The largest absolute Gasteiger partial charge is 0.511 e. The molecule has 0 aromatic heterocycles. The second-order valence-corrected chi connectivity index (χ2v) is 8.36. The first-order chi connectivity index (χ1) is 7.72. The number of hydrogen-bond acceptors (Lipinski definition) is 5. The lowest BCUT2D eigenvalue weighted by Gasteiger charge is -2.16. The zero-order valence-corrected chi connectivity index (χ0v) is 11.5. The van der Waals surface area contributed by atoms with E-state index in [4.69, 9.17) is 0 Å². The summed E-state index contributed by atoms with van der Waals surface area (Å²) in [5, 5.41) is 0. The molecule has 0 amide bonds. The third-order valence-electron chi connectivity index (χ3n) is 1.09. The molecule has 0 heterocycles. The van der Waals surface area contributed by atoms with Crippen LogP contribution in [0.25, 0.3) is 0 Å². The van der Waals surface area contributed by atoms with Gasteiger partial charge in [-0.2, -0.15) is 17.4 Å². The van der Waals surface area contributed by atoms with Gasteiger partial charge in [0.25, 0.3) is 10.0 Å². The van der Waals surface area contributed by atoms with E-state index in [1.807, 2.05) is 0 Å². The number of alkyl halides is 3. The van der Waals surface area contributed by atoms with Gasteiger partial charge < -0.3 is 4.52 Å². The summed E-state index contributed by atoms with van der Waals surface area (Å²) in [6.07, 6.45) is 0.377. The second-order valence-electron chi connectivity index (χ2n) is 2.77. The second kappa shape index (κ2) is 5.41. The predicted molar refractivity (Wildman–Crippen MR) is 55.0 cm³/mol. The average molecular weight is 336 g/mol. The fourth-order valence-electron chi connectivity index (χ4n) is 0.628. The summed E-state index contributed by atoms with van der Waals surface area (Å²) in [5.41, 5.74) is -5.81. The minimum Gasteiger partial charge on any atom is -0.308 e. The Hall–Kier alpha value is -0.230. The summed E-state index contributed by atoms with van der Waals surface area (Å²) in [6.45, 7) is 0.539. The Morgan fingerprint density at radius 1 is 1.28 bits per heavy atom. The van der Waals surface area contributed by atoms with Crippen LogP contribution in [-0.2, 0) is 24.6 Å². The van der Waals surface area contributed by atoms with Gasteiger partial charge in [-0.3, -0.25) is 0 Å². The number of hydrogen-bond donors (Lipinski definition) is 1. The quantitative estimate of drug-likeness (QED) is 0.603. The molecule has 0 aromatic carbocycles. The zero-order chi connectivity index (χ0) is 14.8. The molecule has 0 bridgehead atoms. The first kappa shape index (κ1) is 17.8. The monoisotopic (exact) mass is 336 g/mol. The van der Waals surface area contributed by atoms with Crippen LogP contribution < -0.4 is 4.49 Å². The fourth-order valence-corrected chi connectivity index (χ4v) is 4.93. The molecule has 0 rings (SSSR count). The molecule has 7 nitrogen and oxygen atoms in total. The van der Waals surface area contributed by atoms with Crippen molar-refractivity contribution in [2.24, 2.45) is 4.15 Å². The van der Waals surface area contributed by atoms with Crippen molar-refractivity contribution < 1.29 is 38.7 Å². The molecule has 0 saturated heterocycles. The molecular formula is C4H9F4N2O5PS2. The number of halogens is 4. The topological polar surface area (TPSA) is 102 Å². The molecule has 1 atom stereocenters. The van der Waals surface area contributed by atoms with Gasteiger partial charge in [-0.25, -0.2) is 16.8 Å². The molecule has 0 aliphatic rings. The van der Waals surface area contributed by atoms with E-state index in [9.17, 15) is 34.2 Å². The Morgan fingerprint density at radius 3 is 2.00 bits per heavy atom. The van der Waals surface area contributed by atoms with Crippen LogP contribution in [0.1, 0.15) is 6.92 Å². The normalized spacial score (nSPS) is 17.2. The fraction of sp³-hybridized carbons (Fsp3) is 1.00. The Balaban J connectivity index is 5.66. The molecule has 0 aliphatic heterocycles.